The van der Waals surface area contributed by atoms with Crippen LogP contribution in [-0.4, -0.2) is 46.7 Å². The maximum Gasteiger partial charge on any atom is 0.324 e. The Hall–Kier alpha value is -0.610. The number of carbonyl (C=O) groups is 1. The largest absolute Gasteiger partial charge is 0.480 e. The van der Waals surface area contributed by atoms with Gasteiger partial charge in [-0.2, -0.15) is 0 Å². The first-order valence-corrected chi connectivity index (χ1v) is 6.80. The molecule has 2 saturated carbocycles. The second kappa shape index (κ2) is 4.94. The lowest BCUT2D eigenvalue weighted by atomic mass is 10.0. The Morgan fingerprint density at radius 1 is 1.41 bits per heavy atom. The molecule has 2 N–H and O–H groups in total. The Morgan fingerprint density at radius 3 is 2.47 bits per heavy atom. The molecule has 98 valence electrons. The average Bonchev–Trinajstić information content (AvgIpc) is 3.11. The molecule has 4 heteroatoms. The van der Waals surface area contributed by atoms with Gasteiger partial charge in [-0.3, -0.25) is 15.0 Å². The number of carboxylic acid groups (broad SMARTS) is 1. The maximum atomic E-state index is 11.5. The zero-order chi connectivity index (χ0) is 12.5. The van der Waals surface area contributed by atoms with Gasteiger partial charge in [-0.1, -0.05) is 6.92 Å². The van der Waals surface area contributed by atoms with E-state index >= 15 is 0 Å². The second-order valence-corrected chi connectivity index (χ2v) is 5.76. The van der Waals surface area contributed by atoms with E-state index in [-0.39, 0.29) is 0 Å². The van der Waals surface area contributed by atoms with Crippen molar-refractivity contribution in [2.45, 2.75) is 63.6 Å². The highest BCUT2D eigenvalue weighted by molar-refractivity contribution is 5.78. The van der Waals surface area contributed by atoms with Crippen LogP contribution in [0.1, 0.15) is 46.0 Å². The van der Waals surface area contributed by atoms with E-state index in [1.165, 1.54) is 12.8 Å². The summed E-state index contributed by atoms with van der Waals surface area (Å²) in [5, 5.41) is 12.7. The molecular formula is C13H24N2O2. The molecule has 1 atom stereocenters. The van der Waals surface area contributed by atoms with Crippen LogP contribution in [0.2, 0.25) is 0 Å². The van der Waals surface area contributed by atoms with Gasteiger partial charge < -0.3 is 5.11 Å². The Balaban J connectivity index is 1.96. The van der Waals surface area contributed by atoms with Gasteiger partial charge in [0.2, 0.25) is 0 Å². The molecule has 2 rings (SSSR count). The van der Waals surface area contributed by atoms with E-state index < -0.39 is 11.5 Å². The predicted molar refractivity (Wildman–Crippen MR) is 67.1 cm³/mol. The number of carboxylic acids is 1. The lowest BCUT2D eigenvalue weighted by Gasteiger charge is -2.33. The van der Waals surface area contributed by atoms with Crippen molar-refractivity contribution < 1.29 is 9.90 Å². The summed E-state index contributed by atoms with van der Waals surface area (Å²) in [7, 11) is 0. The molecule has 0 aromatic rings. The predicted octanol–water partition coefficient (Wildman–Crippen LogP) is 1.46. The van der Waals surface area contributed by atoms with Gasteiger partial charge in [0.25, 0.3) is 0 Å². The molecule has 0 saturated heterocycles. The normalized spacial score (nSPS) is 23.7. The highest BCUT2D eigenvalue weighted by Gasteiger charge is 2.42. The quantitative estimate of drug-likeness (QED) is 0.674. The third-order valence-corrected chi connectivity index (χ3v) is 3.67. The smallest absolute Gasteiger partial charge is 0.324 e. The molecule has 0 amide bonds. The minimum Gasteiger partial charge on any atom is -0.480 e. The fraction of sp³-hybridized carbons (Fsp3) is 0.923. The van der Waals surface area contributed by atoms with E-state index in [1.807, 2.05) is 6.92 Å². The number of nitrogens with one attached hydrogen (secondary N) is 1. The molecule has 2 aliphatic rings. The number of hydrogen-bond donors (Lipinski definition) is 2. The lowest BCUT2D eigenvalue weighted by molar-refractivity contribution is -0.145. The summed E-state index contributed by atoms with van der Waals surface area (Å²) < 4.78 is 0. The van der Waals surface area contributed by atoms with Crippen LogP contribution in [-0.2, 0) is 4.79 Å². The van der Waals surface area contributed by atoms with Crippen LogP contribution in [0.15, 0.2) is 0 Å². The van der Waals surface area contributed by atoms with E-state index in [0.717, 1.165) is 25.8 Å². The summed E-state index contributed by atoms with van der Waals surface area (Å²) in [5.74, 6) is -0.717. The van der Waals surface area contributed by atoms with Crippen molar-refractivity contribution >= 4 is 5.97 Å². The molecule has 0 heterocycles. The van der Waals surface area contributed by atoms with E-state index in [0.29, 0.717) is 18.6 Å². The van der Waals surface area contributed by atoms with Crippen molar-refractivity contribution in [2.24, 2.45) is 0 Å². The third-order valence-electron chi connectivity index (χ3n) is 3.67. The Kier molecular flexibility index (Phi) is 3.73. The maximum absolute atomic E-state index is 11.5. The van der Waals surface area contributed by atoms with Crippen molar-refractivity contribution in [1.29, 1.82) is 0 Å². The SMILES string of the molecule is CCCN(CC(C)(NC1CC1)C(=O)O)C1CC1. The molecule has 17 heavy (non-hydrogen) atoms. The fourth-order valence-corrected chi connectivity index (χ4v) is 2.38. The number of rotatable bonds is 8. The molecule has 2 aliphatic carbocycles. The van der Waals surface area contributed by atoms with E-state index in [2.05, 4.69) is 17.1 Å². The van der Waals surface area contributed by atoms with Gasteiger partial charge in [0, 0.05) is 18.6 Å². The third kappa shape index (κ3) is 3.42. The van der Waals surface area contributed by atoms with E-state index in [9.17, 15) is 9.90 Å². The Labute approximate surface area is 103 Å². The van der Waals surface area contributed by atoms with Crippen molar-refractivity contribution in [2.75, 3.05) is 13.1 Å². The first-order valence-electron chi connectivity index (χ1n) is 6.80. The minimum atomic E-state index is -0.779. The van der Waals surface area contributed by atoms with Gasteiger partial charge in [-0.15, -0.1) is 0 Å². The lowest BCUT2D eigenvalue weighted by Crippen LogP contribution is -2.58. The van der Waals surface area contributed by atoms with Crippen molar-refractivity contribution in [1.82, 2.24) is 10.2 Å². The van der Waals surface area contributed by atoms with Gasteiger partial charge in [0.05, 0.1) is 0 Å². The highest BCUT2D eigenvalue weighted by Crippen LogP contribution is 2.29. The Bertz CT molecular complexity index is 287. The van der Waals surface area contributed by atoms with Crippen LogP contribution >= 0.6 is 0 Å². The molecule has 0 radical (unpaired) electrons. The summed E-state index contributed by atoms with van der Waals surface area (Å²) in [6.07, 6.45) is 5.81. The van der Waals surface area contributed by atoms with Crippen LogP contribution in [0, 0.1) is 0 Å². The average molecular weight is 240 g/mol. The number of aliphatic carboxylic acids is 1. The molecule has 0 aliphatic heterocycles. The molecule has 0 aromatic heterocycles. The number of hydrogen-bond acceptors (Lipinski definition) is 3. The van der Waals surface area contributed by atoms with Crippen molar-refractivity contribution in [3.8, 4) is 0 Å². The molecule has 0 aromatic carbocycles. The monoisotopic (exact) mass is 240 g/mol. The van der Waals surface area contributed by atoms with Gasteiger partial charge in [-0.05, 0) is 45.6 Å². The van der Waals surface area contributed by atoms with E-state index in [4.69, 9.17) is 0 Å². The van der Waals surface area contributed by atoms with Crippen LogP contribution in [0.25, 0.3) is 0 Å². The summed E-state index contributed by atoms with van der Waals surface area (Å²) in [5.41, 5.74) is -0.779. The van der Waals surface area contributed by atoms with Crippen molar-refractivity contribution in [3.63, 3.8) is 0 Å². The summed E-state index contributed by atoms with van der Waals surface area (Å²) in [4.78, 5) is 13.8. The van der Waals surface area contributed by atoms with Crippen LogP contribution in [0.3, 0.4) is 0 Å². The minimum absolute atomic E-state index is 0.429. The molecule has 2 fully saturated rings. The van der Waals surface area contributed by atoms with Crippen LogP contribution < -0.4 is 5.32 Å². The first-order chi connectivity index (χ1) is 8.05. The highest BCUT2D eigenvalue weighted by atomic mass is 16.4. The van der Waals surface area contributed by atoms with Crippen molar-refractivity contribution in [3.05, 3.63) is 0 Å². The molecule has 0 bridgehead atoms. The fourth-order valence-electron chi connectivity index (χ4n) is 2.38. The zero-order valence-corrected chi connectivity index (χ0v) is 10.9. The van der Waals surface area contributed by atoms with Gasteiger partial charge in [0.1, 0.15) is 5.54 Å². The van der Waals surface area contributed by atoms with E-state index in [1.54, 1.807) is 0 Å². The molecular weight excluding hydrogens is 216 g/mol. The summed E-state index contributed by atoms with van der Waals surface area (Å²) >= 11 is 0. The molecule has 1 unspecified atom stereocenters. The second-order valence-electron chi connectivity index (χ2n) is 5.76. The Morgan fingerprint density at radius 2 is 2.06 bits per heavy atom. The zero-order valence-electron chi connectivity index (χ0n) is 10.9. The standard InChI is InChI=1S/C13H24N2O2/c1-3-8-15(11-6-7-11)9-13(2,12(16)17)14-10-4-5-10/h10-11,14H,3-9H2,1-2H3,(H,16,17). The van der Waals surface area contributed by atoms with Crippen LogP contribution in [0.4, 0.5) is 0 Å². The topological polar surface area (TPSA) is 52.6 Å². The molecule has 0 spiro atoms. The van der Waals surface area contributed by atoms with Crippen LogP contribution in [0.5, 0.6) is 0 Å². The number of nitrogens with zero attached hydrogens (tertiary/aromatic N) is 1. The summed E-state index contributed by atoms with van der Waals surface area (Å²) in [6, 6.07) is 1.06. The first kappa shape index (κ1) is 12.8. The van der Waals surface area contributed by atoms with Gasteiger partial charge >= 0.3 is 5.97 Å². The van der Waals surface area contributed by atoms with Gasteiger partial charge in [0.15, 0.2) is 0 Å². The summed E-state index contributed by atoms with van der Waals surface area (Å²) in [6.45, 7) is 5.64. The molecule has 4 nitrogen and oxygen atoms in total. The van der Waals surface area contributed by atoms with Gasteiger partial charge in [-0.25, -0.2) is 0 Å².